The number of benzene rings is 2. The van der Waals surface area contributed by atoms with Crippen molar-refractivity contribution in [2.75, 3.05) is 6.54 Å². The largest absolute Gasteiger partial charge is 0.445 e. The van der Waals surface area contributed by atoms with E-state index in [0.29, 0.717) is 19.4 Å². The molecular formula is C28H38N4O6. The molecule has 0 heterocycles. The number of carbonyl (C=O) groups is 4. The van der Waals surface area contributed by atoms with Crippen molar-refractivity contribution >= 4 is 24.0 Å². The predicted molar refractivity (Wildman–Crippen MR) is 143 cm³/mol. The summed E-state index contributed by atoms with van der Waals surface area (Å²) in [4.78, 5) is 49.4. The first-order chi connectivity index (χ1) is 18.0. The van der Waals surface area contributed by atoms with Crippen LogP contribution < -0.4 is 21.7 Å². The first-order valence-corrected chi connectivity index (χ1v) is 12.6. The van der Waals surface area contributed by atoms with Crippen molar-refractivity contribution in [3.05, 3.63) is 71.8 Å². The SMILES string of the molecule is CC(C)(C)OC(=O)N[C@@H](CCCCNC(=O)OCc1ccccc1)C(=O)N[C@@H](Cc1ccccc1)C(N)=O. The quantitative estimate of drug-likeness (QED) is 0.295. The van der Waals surface area contributed by atoms with Crippen LogP contribution in [-0.2, 0) is 32.1 Å². The zero-order chi connectivity index (χ0) is 28.0. The van der Waals surface area contributed by atoms with E-state index >= 15 is 0 Å². The molecule has 2 rings (SSSR count). The van der Waals surface area contributed by atoms with Gasteiger partial charge in [-0.1, -0.05) is 60.7 Å². The van der Waals surface area contributed by atoms with Crippen LogP contribution in [0.4, 0.5) is 9.59 Å². The summed E-state index contributed by atoms with van der Waals surface area (Å²) < 4.78 is 10.5. The summed E-state index contributed by atoms with van der Waals surface area (Å²) in [6.07, 6.45) is 0.203. The number of rotatable bonds is 13. The van der Waals surface area contributed by atoms with Crippen LogP contribution in [0.3, 0.4) is 0 Å². The second-order valence-electron chi connectivity index (χ2n) is 9.84. The molecule has 0 saturated heterocycles. The number of unbranched alkanes of at least 4 members (excludes halogenated alkanes) is 1. The van der Waals surface area contributed by atoms with Gasteiger partial charge in [-0.15, -0.1) is 0 Å². The van der Waals surface area contributed by atoms with Gasteiger partial charge < -0.3 is 31.2 Å². The van der Waals surface area contributed by atoms with Gasteiger partial charge in [-0.25, -0.2) is 9.59 Å². The molecule has 0 aliphatic heterocycles. The minimum atomic E-state index is -0.965. The van der Waals surface area contributed by atoms with Crippen molar-refractivity contribution in [3.63, 3.8) is 0 Å². The lowest BCUT2D eigenvalue weighted by Gasteiger charge is -2.25. The lowest BCUT2D eigenvalue weighted by Crippen LogP contribution is -2.54. The molecule has 2 atom stereocenters. The fourth-order valence-corrected chi connectivity index (χ4v) is 3.50. The van der Waals surface area contributed by atoms with E-state index in [1.807, 2.05) is 60.7 Å². The number of ether oxygens (including phenoxy) is 2. The molecule has 0 fully saturated rings. The number of amides is 4. The Kier molecular flexibility index (Phi) is 12.1. The van der Waals surface area contributed by atoms with Gasteiger partial charge in [0.15, 0.2) is 0 Å². The molecule has 0 spiro atoms. The number of hydrogen-bond acceptors (Lipinski definition) is 6. The van der Waals surface area contributed by atoms with E-state index in [0.717, 1.165) is 11.1 Å². The van der Waals surface area contributed by atoms with Crippen LogP contribution in [0.2, 0.25) is 0 Å². The van der Waals surface area contributed by atoms with Crippen molar-refractivity contribution in [2.45, 2.75) is 70.7 Å². The van der Waals surface area contributed by atoms with E-state index < -0.39 is 41.7 Å². The summed E-state index contributed by atoms with van der Waals surface area (Å²) in [7, 11) is 0. The van der Waals surface area contributed by atoms with Crippen LogP contribution in [0.5, 0.6) is 0 Å². The average molecular weight is 527 g/mol. The minimum Gasteiger partial charge on any atom is -0.445 e. The summed E-state index contributed by atoms with van der Waals surface area (Å²) in [6, 6.07) is 16.6. The number of carbonyl (C=O) groups excluding carboxylic acids is 4. The highest BCUT2D eigenvalue weighted by Gasteiger charge is 2.27. The van der Waals surface area contributed by atoms with Crippen molar-refractivity contribution in [3.8, 4) is 0 Å². The lowest BCUT2D eigenvalue weighted by atomic mass is 10.0. The van der Waals surface area contributed by atoms with Gasteiger partial charge in [0.25, 0.3) is 0 Å². The van der Waals surface area contributed by atoms with E-state index in [9.17, 15) is 19.2 Å². The van der Waals surface area contributed by atoms with Crippen molar-refractivity contribution in [2.24, 2.45) is 5.73 Å². The van der Waals surface area contributed by atoms with Gasteiger partial charge in [-0.05, 0) is 51.2 Å². The zero-order valence-corrected chi connectivity index (χ0v) is 22.2. The van der Waals surface area contributed by atoms with Crippen molar-refractivity contribution in [1.29, 1.82) is 0 Å². The fourth-order valence-electron chi connectivity index (χ4n) is 3.50. The molecule has 0 radical (unpaired) electrons. The Labute approximate surface area is 223 Å². The maximum Gasteiger partial charge on any atom is 0.408 e. The molecule has 38 heavy (non-hydrogen) atoms. The summed E-state index contributed by atoms with van der Waals surface area (Å²) in [5.74, 6) is -1.23. The van der Waals surface area contributed by atoms with Gasteiger partial charge in [0.05, 0.1) is 0 Å². The van der Waals surface area contributed by atoms with Gasteiger partial charge in [0.2, 0.25) is 11.8 Å². The first kappa shape index (κ1) is 30.1. The summed E-state index contributed by atoms with van der Waals surface area (Å²) in [5, 5.41) is 7.90. The molecule has 0 saturated carbocycles. The fraction of sp³-hybridized carbons (Fsp3) is 0.429. The number of hydrogen-bond donors (Lipinski definition) is 4. The molecule has 0 unspecified atom stereocenters. The average Bonchev–Trinajstić information content (AvgIpc) is 2.86. The molecule has 2 aromatic carbocycles. The Morgan fingerprint density at radius 2 is 1.42 bits per heavy atom. The highest BCUT2D eigenvalue weighted by Crippen LogP contribution is 2.10. The molecule has 206 valence electrons. The van der Waals surface area contributed by atoms with E-state index in [1.54, 1.807) is 20.8 Å². The van der Waals surface area contributed by atoms with E-state index in [1.165, 1.54) is 0 Å². The molecule has 10 heteroatoms. The number of alkyl carbamates (subject to hydrolysis) is 2. The molecule has 0 bridgehead atoms. The third kappa shape index (κ3) is 12.2. The Bertz CT molecular complexity index is 1040. The normalized spacial score (nSPS) is 12.5. The Hall–Kier alpha value is -4.08. The van der Waals surface area contributed by atoms with E-state index in [4.69, 9.17) is 15.2 Å². The van der Waals surface area contributed by atoms with Crippen LogP contribution in [-0.4, -0.2) is 48.2 Å². The van der Waals surface area contributed by atoms with Gasteiger partial charge in [0, 0.05) is 13.0 Å². The molecule has 2 aromatic rings. The van der Waals surface area contributed by atoms with Crippen LogP contribution in [0.1, 0.15) is 51.2 Å². The summed E-state index contributed by atoms with van der Waals surface area (Å²) in [6.45, 7) is 5.64. The zero-order valence-electron chi connectivity index (χ0n) is 22.2. The van der Waals surface area contributed by atoms with Gasteiger partial charge in [-0.2, -0.15) is 0 Å². The van der Waals surface area contributed by atoms with Gasteiger partial charge in [0.1, 0.15) is 24.3 Å². The lowest BCUT2D eigenvalue weighted by molar-refractivity contribution is -0.128. The minimum absolute atomic E-state index is 0.165. The van der Waals surface area contributed by atoms with Crippen molar-refractivity contribution < 1.29 is 28.7 Å². The van der Waals surface area contributed by atoms with Crippen LogP contribution >= 0.6 is 0 Å². The third-order valence-corrected chi connectivity index (χ3v) is 5.35. The first-order valence-electron chi connectivity index (χ1n) is 12.6. The number of primary amides is 1. The highest BCUT2D eigenvalue weighted by molar-refractivity contribution is 5.90. The number of nitrogens with one attached hydrogen (secondary N) is 3. The van der Waals surface area contributed by atoms with E-state index in [-0.39, 0.29) is 19.4 Å². The molecule has 0 aliphatic rings. The van der Waals surface area contributed by atoms with Gasteiger partial charge >= 0.3 is 12.2 Å². The molecule has 5 N–H and O–H groups in total. The maximum absolute atomic E-state index is 13.1. The smallest absolute Gasteiger partial charge is 0.408 e. The second kappa shape index (κ2) is 15.2. The van der Waals surface area contributed by atoms with Gasteiger partial charge in [-0.3, -0.25) is 9.59 Å². The Morgan fingerprint density at radius 1 is 0.816 bits per heavy atom. The molecule has 0 aromatic heterocycles. The van der Waals surface area contributed by atoms with E-state index in [2.05, 4.69) is 16.0 Å². The molecule has 0 aliphatic carbocycles. The van der Waals surface area contributed by atoms with Crippen molar-refractivity contribution in [1.82, 2.24) is 16.0 Å². The Balaban J connectivity index is 1.88. The highest BCUT2D eigenvalue weighted by atomic mass is 16.6. The summed E-state index contributed by atoms with van der Waals surface area (Å²) in [5.41, 5.74) is 6.49. The molecule has 10 nitrogen and oxygen atoms in total. The molecule has 4 amide bonds. The monoisotopic (exact) mass is 526 g/mol. The standard InChI is InChI=1S/C28H38N4O6/c1-28(2,3)38-27(36)32-22(25(34)31-23(24(29)33)18-20-12-6-4-7-13-20)16-10-11-17-30-26(35)37-19-21-14-8-5-9-15-21/h4-9,12-15,22-23H,10-11,16-19H2,1-3H3,(H2,29,33)(H,30,35)(H,31,34)(H,32,36)/t22-,23-/m0/s1. The van der Waals surface area contributed by atoms with Crippen LogP contribution in [0.25, 0.3) is 0 Å². The third-order valence-electron chi connectivity index (χ3n) is 5.35. The van der Waals surface area contributed by atoms with Crippen LogP contribution in [0.15, 0.2) is 60.7 Å². The topological polar surface area (TPSA) is 149 Å². The van der Waals surface area contributed by atoms with Crippen LogP contribution in [0, 0.1) is 0 Å². The Morgan fingerprint density at radius 3 is 2.00 bits per heavy atom. The maximum atomic E-state index is 13.1. The number of nitrogens with two attached hydrogens (primary N) is 1. The summed E-state index contributed by atoms with van der Waals surface area (Å²) >= 11 is 0. The molecular weight excluding hydrogens is 488 g/mol. The predicted octanol–water partition coefficient (Wildman–Crippen LogP) is 3.19. The second-order valence-corrected chi connectivity index (χ2v) is 9.84.